The summed E-state index contributed by atoms with van der Waals surface area (Å²) in [5, 5.41) is 15.6. The minimum Gasteiger partial charge on any atom is -0.473 e. The number of likely N-dealkylation sites (tertiary alicyclic amines) is 1. The molecule has 1 aliphatic heterocycles. The Morgan fingerprint density at radius 2 is 1.63 bits per heavy atom. The lowest BCUT2D eigenvalue weighted by molar-refractivity contribution is -0.159. The molecule has 2 aromatic carbocycles. The van der Waals surface area contributed by atoms with E-state index in [4.69, 9.17) is 24.8 Å². The monoisotopic (exact) mass is 536 g/mol. The summed E-state index contributed by atoms with van der Waals surface area (Å²) in [5.74, 6) is -3.16. The minimum absolute atomic E-state index is 0.107. The highest BCUT2D eigenvalue weighted by Gasteiger charge is 2.19. The molecule has 4 aromatic rings. The molecule has 0 unspecified atom stereocenters. The molecule has 11 heteroatoms. The first kappa shape index (κ1) is 26.8. The highest BCUT2D eigenvalue weighted by Crippen LogP contribution is 2.27. The molecule has 0 bridgehead atoms. The number of fused-ring (bicyclic) bond motifs is 1. The van der Waals surface area contributed by atoms with Gasteiger partial charge in [-0.05, 0) is 60.4 Å². The Kier molecular flexibility index (Phi) is 8.70. The smallest absolute Gasteiger partial charge is 0.414 e. The number of thioether (sulfide) groups is 1. The minimum atomic E-state index is -1.82. The summed E-state index contributed by atoms with van der Waals surface area (Å²) >= 11 is 1.56. The molecule has 2 aromatic heterocycles. The molecular formula is C27H25FN4O5S. The second kappa shape index (κ2) is 12.3. The first-order valence-corrected chi connectivity index (χ1v) is 12.8. The van der Waals surface area contributed by atoms with Crippen LogP contribution in [0.1, 0.15) is 34.3 Å². The Morgan fingerprint density at radius 3 is 2.29 bits per heavy atom. The lowest BCUT2D eigenvalue weighted by Gasteiger charge is -2.15. The molecule has 196 valence electrons. The molecule has 3 heterocycles. The Balaban J connectivity index is 0.000000505. The molecule has 2 N–H and O–H groups in total. The number of carbonyl (C=O) groups is 3. The van der Waals surface area contributed by atoms with Crippen LogP contribution in [0.5, 0.6) is 0 Å². The van der Waals surface area contributed by atoms with E-state index >= 15 is 0 Å². The molecular weight excluding hydrogens is 511 g/mol. The van der Waals surface area contributed by atoms with Gasteiger partial charge in [0.05, 0.1) is 6.54 Å². The Bertz CT molecular complexity index is 1440. The van der Waals surface area contributed by atoms with Gasteiger partial charge in [-0.15, -0.1) is 0 Å². The highest BCUT2D eigenvalue weighted by atomic mass is 32.2. The number of carboxylic acid groups (broad SMARTS) is 2. The van der Waals surface area contributed by atoms with Crippen molar-refractivity contribution in [1.82, 2.24) is 19.4 Å². The number of aliphatic carboxylic acids is 2. The maximum Gasteiger partial charge on any atom is 0.414 e. The van der Waals surface area contributed by atoms with Gasteiger partial charge in [-0.3, -0.25) is 9.36 Å². The van der Waals surface area contributed by atoms with Crippen molar-refractivity contribution in [3.63, 3.8) is 0 Å². The zero-order valence-corrected chi connectivity index (χ0v) is 21.1. The SMILES string of the molecule is O=C(O)C(=O)O.O=C(c1ccc(Cn2c(SCc3cccc(F)c3)nc3cccnc32)cc1)N1CCCC1. The van der Waals surface area contributed by atoms with Crippen molar-refractivity contribution in [2.75, 3.05) is 13.1 Å². The second-order valence-electron chi connectivity index (χ2n) is 8.55. The third kappa shape index (κ3) is 6.74. The molecule has 1 saturated heterocycles. The van der Waals surface area contributed by atoms with E-state index in [9.17, 15) is 9.18 Å². The normalized spacial score (nSPS) is 12.7. The number of carbonyl (C=O) groups excluding carboxylic acids is 1. The van der Waals surface area contributed by atoms with E-state index in [0.717, 1.165) is 58.9 Å². The van der Waals surface area contributed by atoms with Crippen LogP contribution in [0.15, 0.2) is 72.0 Å². The van der Waals surface area contributed by atoms with Gasteiger partial charge in [0, 0.05) is 30.6 Å². The van der Waals surface area contributed by atoms with Crippen LogP contribution < -0.4 is 0 Å². The van der Waals surface area contributed by atoms with Crippen LogP contribution in [-0.4, -0.2) is 60.6 Å². The van der Waals surface area contributed by atoms with Gasteiger partial charge in [0.25, 0.3) is 5.91 Å². The van der Waals surface area contributed by atoms with E-state index in [0.29, 0.717) is 12.3 Å². The van der Waals surface area contributed by atoms with Crippen LogP contribution in [0.25, 0.3) is 11.2 Å². The number of pyridine rings is 1. The fourth-order valence-electron chi connectivity index (χ4n) is 4.00. The molecule has 0 spiro atoms. The van der Waals surface area contributed by atoms with E-state index in [1.54, 1.807) is 30.1 Å². The maximum absolute atomic E-state index is 13.5. The van der Waals surface area contributed by atoms with Gasteiger partial charge in [0.15, 0.2) is 10.8 Å². The first-order valence-electron chi connectivity index (χ1n) is 11.8. The van der Waals surface area contributed by atoms with Crippen molar-refractivity contribution in [3.8, 4) is 0 Å². The number of amides is 1. The van der Waals surface area contributed by atoms with Gasteiger partial charge < -0.3 is 15.1 Å². The van der Waals surface area contributed by atoms with Crippen molar-refractivity contribution < 1.29 is 29.0 Å². The summed E-state index contributed by atoms with van der Waals surface area (Å²) < 4.78 is 15.6. The van der Waals surface area contributed by atoms with E-state index in [1.165, 1.54) is 6.07 Å². The summed E-state index contributed by atoms with van der Waals surface area (Å²) in [6.07, 6.45) is 3.93. The summed E-state index contributed by atoms with van der Waals surface area (Å²) in [6.45, 7) is 2.29. The summed E-state index contributed by atoms with van der Waals surface area (Å²) in [7, 11) is 0. The molecule has 1 amide bonds. The predicted octanol–water partition coefficient (Wildman–Crippen LogP) is 4.30. The molecule has 0 radical (unpaired) electrons. The van der Waals surface area contributed by atoms with E-state index < -0.39 is 11.9 Å². The first-order chi connectivity index (χ1) is 18.3. The van der Waals surface area contributed by atoms with Crippen molar-refractivity contribution in [1.29, 1.82) is 0 Å². The number of halogens is 1. The number of aromatic nitrogens is 3. The van der Waals surface area contributed by atoms with E-state index in [2.05, 4.69) is 9.55 Å². The van der Waals surface area contributed by atoms with Crippen molar-refractivity contribution in [3.05, 3.63) is 89.4 Å². The van der Waals surface area contributed by atoms with Crippen molar-refractivity contribution >= 4 is 40.8 Å². The molecule has 0 saturated carbocycles. The number of imidazole rings is 1. The number of hydrogen-bond donors (Lipinski definition) is 2. The van der Waals surface area contributed by atoms with Gasteiger partial charge in [-0.2, -0.15) is 0 Å². The maximum atomic E-state index is 13.5. The zero-order chi connectivity index (χ0) is 27.1. The predicted molar refractivity (Wildman–Crippen MR) is 139 cm³/mol. The Hall–Kier alpha value is -4.25. The zero-order valence-electron chi connectivity index (χ0n) is 20.3. The van der Waals surface area contributed by atoms with Crippen molar-refractivity contribution in [2.45, 2.75) is 30.3 Å². The molecule has 1 aliphatic rings. The average Bonchev–Trinajstić information content (AvgIpc) is 3.57. The van der Waals surface area contributed by atoms with Crippen LogP contribution in [0.2, 0.25) is 0 Å². The summed E-state index contributed by atoms with van der Waals surface area (Å²) in [5.41, 5.74) is 4.35. The quantitative estimate of drug-likeness (QED) is 0.276. The number of nitrogens with zero attached hydrogens (tertiary/aromatic N) is 4. The fraction of sp³-hybridized carbons (Fsp3) is 0.222. The summed E-state index contributed by atoms with van der Waals surface area (Å²) in [6, 6.07) is 18.3. The molecule has 0 atom stereocenters. The van der Waals surface area contributed by atoms with Gasteiger partial charge in [0.1, 0.15) is 11.3 Å². The van der Waals surface area contributed by atoms with Crippen LogP contribution in [-0.2, 0) is 21.9 Å². The molecule has 0 aliphatic carbocycles. The van der Waals surface area contributed by atoms with E-state index in [-0.39, 0.29) is 11.7 Å². The lowest BCUT2D eigenvalue weighted by atomic mass is 10.1. The van der Waals surface area contributed by atoms with Crippen molar-refractivity contribution in [2.24, 2.45) is 0 Å². The van der Waals surface area contributed by atoms with Gasteiger partial charge in [0.2, 0.25) is 0 Å². The molecule has 5 rings (SSSR count). The number of hydrogen-bond acceptors (Lipinski definition) is 6. The van der Waals surface area contributed by atoms with Crippen LogP contribution in [0.4, 0.5) is 4.39 Å². The van der Waals surface area contributed by atoms with Gasteiger partial charge in [-0.25, -0.2) is 23.9 Å². The van der Waals surface area contributed by atoms with E-state index in [1.807, 2.05) is 47.4 Å². The number of carboxylic acids is 2. The largest absolute Gasteiger partial charge is 0.473 e. The Morgan fingerprint density at radius 1 is 0.921 bits per heavy atom. The lowest BCUT2D eigenvalue weighted by Crippen LogP contribution is -2.27. The average molecular weight is 537 g/mol. The topological polar surface area (TPSA) is 126 Å². The molecule has 9 nitrogen and oxygen atoms in total. The fourth-order valence-corrected chi connectivity index (χ4v) is 4.95. The third-order valence-electron chi connectivity index (χ3n) is 5.84. The summed E-state index contributed by atoms with van der Waals surface area (Å²) in [4.78, 5) is 42.0. The van der Waals surface area contributed by atoms with Crippen LogP contribution in [0.3, 0.4) is 0 Å². The number of rotatable bonds is 6. The molecule has 1 fully saturated rings. The number of benzene rings is 2. The second-order valence-corrected chi connectivity index (χ2v) is 9.49. The van der Waals surface area contributed by atoms with Gasteiger partial charge in [-0.1, -0.05) is 36.0 Å². The van der Waals surface area contributed by atoms with Crippen LogP contribution >= 0.6 is 11.8 Å². The highest BCUT2D eigenvalue weighted by molar-refractivity contribution is 7.98. The molecule has 38 heavy (non-hydrogen) atoms. The van der Waals surface area contributed by atoms with Crippen LogP contribution in [0, 0.1) is 5.82 Å². The van der Waals surface area contributed by atoms with Gasteiger partial charge >= 0.3 is 11.9 Å². The standard InChI is InChI=1S/C25H23FN4OS.C2H2O4/c26-21-6-3-5-19(15-21)17-32-25-28-22-7-4-12-27-23(22)30(25)16-18-8-10-20(11-9-18)24(31)29-13-1-2-14-29;3-1(4)2(5)6/h3-12,15H,1-2,13-14,16-17H2;(H,3,4)(H,5,6). The Labute approximate surface area is 221 Å². The third-order valence-corrected chi connectivity index (χ3v) is 6.89.